The predicted octanol–water partition coefficient (Wildman–Crippen LogP) is 2.79. The van der Waals surface area contributed by atoms with E-state index in [1.54, 1.807) is 19.1 Å². The lowest BCUT2D eigenvalue weighted by Crippen LogP contribution is -2.31. The molecule has 110 valence electrons. The van der Waals surface area contributed by atoms with E-state index in [2.05, 4.69) is 0 Å². The molecule has 1 atom stereocenters. The van der Waals surface area contributed by atoms with Crippen LogP contribution in [-0.2, 0) is 11.3 Å². The zero-order valence-electron chi connectivity index (χ0n) is 11.4. The molecule has 1 N–H and O–H groups in total. The normalized spacial score (nSPS) is 12.4. The fourth-order valence-electron chi connectivity index (χ4n) is 1.85. The van der Waals surface area contributed by atoms with Crippen LogP contribution in [0, 0.1) is 16.0 Å². The SMILES string of the molecule is CCN(Cc1ccc(Cl)cc1[N+](=O)[O-])CC(C)C(=O)O. The van der Waals surface area contributed by atoms with E-state index >= 15 is 0 Å². The number of carboxylic acid groups (broad SMARTS) is 1. The van der Waals surface area contributed by atoms with Gasteiger partial charge in [-0.3, -0.25) is 19.8 Å². The Labute approximate surface area is 122 Å². The third-order valence-corrected chi connectivity index (χ3v) is 3.27. The standard InChI is InChI=1S/C13H17ClN2O4/c1-3-15(7-9(2)13(17)18)8-10-4-5-11(14)6-12(10)16(19)20/h4-6,9H,3,7-8H2,1-2H3,(H,17,18). The van der Waals surface area contributed by atoms with Gasteiger partial charge in [-0.2, -0.15) is 0 Å². The lowest BCUT2D eigenvalue weighted by atomic mass is 10.1. The zero-order valence-corrected chi connectivity index (χ0v) is 12.1. The molecule has 1 aromatic rings. The molecular formula is C13H17ClN2O4. The minimum atomic E-state index is -0.881. The maximum absolute atomic E-state index is 11.0. The summed E-state index contributed by atoms with van der Waals surface area (Å²) in [5.41, 5.74) is 0.484. The molecule has 0 aromatic heterocycles. The van der Waals surface area contributed by atoms with E-state index in [1.165, 1.54) is 6.07 Å². The smallest absolute Gasteiger partial charge is 0.307 e. The lowest BCUT2D eigenvalue weighted by molar-refractivity contribution is -0.385. The minimum absolute atomic E-state index is 0.0427. The Hall–Kier alpha value is -1.66. The van der Waals surface area contributed by atoms with Crippen molar-refractivity contribution < 1.29 is 14.8 Å². The summed E-state index contributed by atoms with van der Waals surface area (Å²) in [5.74, 6) is -1.41. The molecule has 1 aromatic carbocycles. The molecule has 0 spiro atoms. The number of hydrogen-bond acceptors (Lipinski definition) is 4. The summed E-state index contributed by atoms with van der Waals surface area (Å²) in [6.45, 7) is 4.77. The van der Waals surface area contributed by atoms with E-state index in [9.17, 15) is 14.9 Å². The van der Waals surface area contributed by atoms with Crippen LogP contribution in [0.2, 0.25) is 5.02 Å². The number of halogens is 1. The highest BCUT2D eigenvalue weighted by atomic mass is 35.5. The van der Waals surface area contributed by atoms with Gasteiger partial charge in [0.25, 0.3) is 5.69 Å². The van der Waals surface area contributed by atoms with E-state index in [0.717, 1.165) is 0 Å². The van der Waals surface area contributed by atoms with E-state index in [4.69, 9.17) is 16.7 Å². The molecule has 20 heavy (non-hydrogen) atoms. The molecular weight excluding hydrogens is 284 g/mol. The van der Waals surface area contributed by atoms with Crippen molar-refractivity contribution in [1.29, 1.82) is 0 Å². The number of hydrogen-bond donors (Lipinski definition) is 1. The number of nitro benzene ring substituents is 1. The van der Waals surface area contributed by atoms with Crippen LogP contribution in [0.15, 0.2) is 18.2 Å². The van der Waals surface area contributed by atoms with Gasteiger partial charge in [0.15, 0.2) is 0 Å². The third-order valence-electron chi connectivity index (χ3n) is 3.04. The van der Waals surface area contributed by atoms with Gasteiger partial charge >= 0.3 is 5.97 Å². The highest BCUT2D eigenvalue weighted by Gasteiger charge is 2.19. The lowest BCUT2D eigenvalue weighted by Gasteiger charge is -2.22. The van der Waals surface area contributed by atoms with Crippen LogP contribution >= 0.6 is 11.6 Å². The molecule has 0 amide bonds. The van der Waals surface area contributed by atoms with E-state index in [-0.39, 0.29) is 5.69 Å². The molecule has 0 aliphatic rings. The van der Waals surface area contributed by atoms with Gasteiger partial charge in [-0.15, -0.1) is 0 Å². The fourth-order valence-corrected chi connectivity index (χ4v) is 2.02. The average molecular weight is 301 g/mol. The molecule has 6 nitrogen and oxygen atoms in total. The minimum Gasteiger partial charge on any atom is -0.481 e. The van der Waals surface area contributed by atoms with Gasteiger partial charge in [0.05, 0.1) is 10.8 Å². The Morgan fingerprint density at radius 2 is 2.20 bits per heavy atom. The molecule has 0 bridgehead atoms. The van der Waals surface area contributed by atoms with Crippen molar-refractivity contribution in [3.8, 4) is 0 Å². The summed E-state index contributed by atoms with van der Waals surface area (Å²) in [5, 5.41) is 20.2. The Bertz CT molecular complexity index is 507. The second-order valence-corrected chi connectivity index (χ2v) is 5.03. The van der Waals surface area contributed by atoms with E-state index in [1.807, 2.05) is 11.8 Å². The summed E-state index contributed by atoms with van der Waals surface area (Å²) >= 11 is 5.76. The number of rotatable bonds is 7. The molecule has 1 rings (SSSR count). The van der Waals surface area contributed by atoms with Crippen LogP contribution < -0.4 is 0 Å². The molecule has 1 unspecified atom stereocenters. The van der Waals surface area contributed by atoms with Crippen molar-refractivity contribution in [2.45, 2.75) is 20.4 Å². The summed E-state index contributed by atoms with van der Waals surface area (Å²) in [6.07, 6.45) is 0. The number of carbonyl (C=O) groups is 1. The first-order chi connectivity index (χ1) is 9.35. The number of carboxylic acids is 1. The Kier molecular flexibility index (Phi) is 5.91. The number of nitrogens with zero attached hydrogens (tertiary/aromatic N) is 2. The summed E-state index contributed by atoms with van der Waals surface area (Å²) < 4.78 is 0. The molecule has 0 saturated heterocycles. The van der Waals surface area contributed by atoms with Gasteiger partial charge in [0.2, 0.25) is 0 Å². The molecule has 7 heteroatoms. The van der Waals surface area contributed by atoms with Crippen LogP contribution in [0.5, 0.6) is 0 Å². The molecule has 0 aliphatic carbocycles. The first-order valence-electron chi connectivity index (χ1n) is 6.23. The van der Waals surface area contributed by atoms with Crippen molar-refractivity contribution in [3.05, 3.63) is 38.9 Å². The van der Waals surface area contributed by atoms with Gasteiger partial charge in [0.1, 0.15) is 0 Å². The highest BCUT2D eigenvalue weighted by Crippen LogP contribution is 2.24. The maximum Gasteiger partial charge on any atom is 0.307 e. The van der Waals surface area contributed by atoms with Crippen molar-refractivity contribution in [2.24, 2.45) is 5.92 Å². The second kappa shape index (κ2) is 7.21. The fraction of sp³-hybridized carbons (Fsp3) is 0.462. The van der Waals surface area contributed by atoms with E-state index < -0.39 is 16.8 Å². The summed E-state index contributed by atoms with van der Waals surface area (Å²) in [6, 6.07) is 4.51. The first kappa shape index (κ1) is 16.4. The number of aliphatic carboxylic acids is 1. The van der Waals surface area contributed by atoms with Gasteiger partial charge in [-0.1, -0.05) is 25.4 Å². The molecule has 0 radical (unpaired) electrons. The van der Waals surface area contributed by atoms with Crippen LogP contribution in [0.1, 0.15) is 19.4 Å². The van der Waals surface area contributed by atoms with Crippen molar-refractivity contribution >= 4 is 23.3 Å². The average Bonchev–Trinajstić information content (AvgIpc) is 2.39. The largest absolute Gasteiger partial charge is 0.481 e. The third kappa shape index (κ3) is 4.47. The Morgan fingerprint density at radius 3 is 2.70 bits per heavy atom. The molecule has 0 saturated carbocycles. The maximum atomic E-state index is 11.0. The molecule has 0 aliphatic heterocycles. The van der Waals surface area contributed by atoms with Crippen molar-refractivity contribution in [2.75, 3.05) is 13.1 Å². The number of benzene rings is 1. The number of nitro groups is 1. The van der Waals surface area contributed by atoms with Crippen molar-refractivity contribution in [3.63, 3.8) is 0 Å². The van der Waals surface area contributed by atoms with E-state index in [0.29, 0.717) is 30.2 Å². The van der Waals surface area contributed by atoms with Crippen LogP contribution in [0.4, 0.5) is 5.69 Å². The summed E-state index contributed by atoms with van der Waals surface area (Å²) in [7, 11) is 0. The predicted molar refractivity (Wildman–Crippen MR) is 75.9 cm³/mol. The Morgan fingerprint density at radius 1 is 1.55 bits per heavy atom. The van der Waals surface area contributed by atoms with Crippen LogP contribution in [0.3, 0.4) is 0 Å². The van der Waals surface area contributed by atoms with Gasteiger partial charge in [-0.05, 0) is 18.7 Å². The Balaban J connectivity index is 2.90. The van der Waals surface area contributed by atoms with Crippen molar-refractivity contribution in [1.82, 2.24) is 4.90 Å². The van der Waals surface area contributed by atoms with Gasteiger partial charge in [0, 0.05) is 29.7 Å². The monoisotopic (exact) mass is 300 g/mol. The topological polar surface area (TPSA) is 83.7 Å². The second-order valence-electron chi connectivity index (χ2n) is 4.60. The van der Waals surface area contributed by atoms with Gasteiger partial charge in [-0.25, -0.2) is 0 Å². The van der Waals surface area contributed by atoms with Crippen LogP contribution in [-0.4, -0.2) is 34.0 Å². The van der Waals surface area contributed by atoms with Crippen LogP contribution in [0.25, 0.3) is 0 Å². The zero-order chi connectivity index (χ0) is 15.3. The first-order valence-corrected chi connectivity index (χ1v) is 6.61. The van der Waals surface area contributed by atoms with Gasteiger partial charge < -0.3 is 5.11 Å². The summed E-state index contributed by atoms with van der Waals surface area (Å²) in [4.78, 5) is 23.3. The highest BCUT2D eigenvalue weighted by molar-refractivity contribution is 6.30. The quantitative estimate of drug-likeness (QED) is 0.618. The molecule has 0 heterocycles. The molecule has 0 fully saturated rings.